The van der Waals surface area contributed by atoms with Crippen molar-refractivity contribution < 1.29 is 0 Å². The van der Waals surface area contributed by atoms with E-state index in [2.05, 4.69) is 54.3 Å². The normalized spacial score (nSPS) is 17.2. The van der Waals surface area contributed by atoms with Crippen LogP contribution in [0.5, 0.6) is 0 Å². The molecule has 18 heavy (non-hydrogen) atoms. The molecule has 1 aromatic heterocycles. The van der Waals surface area contributed by atoms with Gasteiger partial charge in [-0.3, -0.25) is 0 Å². The number of hydrogen-bond acceptors (Lipinski definition) is 1. The lowest BCUT2D eigenvalue weighted by Crippen LogP contribution is -2.25. The molecule has 0 saturated heterocycles. The van der Waals surface area contributed by atoms with Crippen LogP contribution in [0.25, 0.3) is 10.9 Å². The second kappa shape index (κ2) is 4.77. The Balaban J connectivity index is 1.70. The molecule has 2 nitrogen and oxygen atoms in total. The Labute approximate surface area is 109 Å². The minimum Gasteiger partial charge on any atom is -0.350 e. The molecule has 1 N–H and O–H groups in total. The number of nitrogens with one attached hydrogen (secondary N) is 1. The fourth-order valence-corrected chi connectivity index (χ4v) is 2.79. The molecule has 1 fully saturated rings. The maximum absolute atomic E-state index is 3.66. The highest BCUT2D eigenvalue weighted by Gasteiger charge is 2.23. The monoisotopic (exact) mass is 242 g/mol. The van der Waals surface area contributed by atoms with Crippen molar-refractivity contribution in [2.45, 2.75) is 38.8 Å². The zero-order valence-corrected chi connectivity index (χ0v) is 11.3. The summed E-state index contributed by atoms with van der Waals surface area (Å²) in [6, 6.07) is 9.27. The second-order valence-electron chi connectivity index (χ2n) is 5.74. The molecule has 0 spiro atoms. The van der Waals surface area contributed by atoms with Crippen molar-refractivity contribution >= 4 is 10.9 Å². The highest BCUT2D eigenvalue weighted by molar-refractivity contribution is 5.83. The Morgan fingerprint density at radius 3 is 2.89 bits per heavy atom. The van der Waals surface area contributed by atoms with Crippen molar-refractivity contribution in [2.24, 2.45) is 13.0 Å². The number of hydrogen-bond donors (Lipinski definition) is 1. The van der Waals surface area contributed by atoms with Gasteiger partial charge in [-0.25, -0.2) is 0 Å². The molecule has 2 heteroatoms. The van der Waals surface area contributed by atoms with Crippen molar-refractivity contribution in [2.75, 3.05) is 0 Å². The van der Waals surface area contributed by atoms with Crippen molar-refractivity contribution in [1.82, 2.24) is 9.88 Å². The van der Waals surface area contributed by atoms with Crippen LogP contribution < -0.4 is 5.32 Å². The van der Waals surface area contributed by atoms with E-state index in [1.54, 1.807) is 0 Å². The summed E-state index contributed by atoms with van der Waals surface area (Å²) in [5, 5.41) is 5.04. The molecular weight excluding hydrogens is 220 g/mol. The van der Waals surface area contributed by atoms with Crippen molar-refractivity contribution in [3.05, 3.63) is 36.0 Å². The number of nitrogens with zero attached hydrogens (tertiary/aromatic N) is 1. The number of fused-ring (bicyclic) bond motifs is 1. The molecule has 0 radical (unpaired) electrons. The highest BCUT2D eigenvalue weighted by Crippen LogP contribution is 2.33. The molecule has 1 aromatic carbocycles. The standard InChI is InChI=1S/C16H22N2/c1-12(9-13-7-8-13)17-10-14-11-18(2)16-6-4-3-5-15(14)16/h3-6,11-13,17H,7-10H2,1-2H3. The summed E-state index contributed by atoms with van der Waals surface area (Å²) < 4.78 is 2.22. The fraction of sp³-hybridized carbons (Fsp3) is 0.500. The zero-order valence-electron chi connectivity index (χ0n) is 11.3. The molecule has 0 bridgehead atoms. The van der Waals surface area contributed by atoms with Crippen LogP contribution in [0.3, 0.4) is 0 Å². The second-order valence-corrected chi connectivity index (χ2v) is 5.74. The first-order chi connectivity index (χ1) is 8.74. The van der Waals surface area contributed by atoms with E-state index in [0.717, 1.165) is 12.5 Å². The third-order valence-corrected chi connectivity index (χ3v) is 4.00. The van der Waals surface area contributed by atoms with Crippen LogP contribution in [0, 0.1) is 5.92 Å². The van der Waals surface area contributed by atoms with E-state index >= 15 is 0 Å². The van der Waals surface area contributed by atoms with Gasteiger partial charge < -0.3 is 9.88 Å². The van der Waals surface area contributed by atoms with Crippen LogP contribution in [-0.4, -0.2) is 10.6 Å². The van der Waals surface area contributed by atoms with Crippen LogP contribution in [-0.2, 0) is 13.6 Å². The Bertz CT molecular complexity index is 537. The number of aromatic nitrogens is 1. The number of para-hydroxylation sites is 1. The van der Waals surface area contributed by atoms with Gasteiger partial charge in [-0.15, -0.1) is 0 Å². The van der Waals surface area contributed by atoms with Gasteiger partial charge >= 0.3 is 0 Å². The van der Waals surface area contributed by atoms with Crippen LogP contribution in [0.2, 0.25) is 0 Å². The number of benzene rings is 1. The molecule has 1 unspecified atom stereocenters. The summed E-state index contributed by atoms with van der Waals surface area (Å²) in [5.41, 5.74) is 2.74. The topological polar surface area (TPSA) is 17.0 Å². The van der Waals surface area contributed by atoms with Gasteiger partial charge in [-0.2, -0.15) is 0 Å². The average molecular weight is 242 g/mol. The predicted molar refractivity (Wildman–Crippen MR) is 76.6 cm³/mol. The van der Waals surface area contributed by atoms with Gasteiger partial charge in [0, 0.05) is 36.7 Å². The van der Waals surface area contributed by atoms with Gasteiger partial charge in [0.15, 0.2) is 0 Å². The van der Waals surface area contributed by atoms with E-state index in [1.165, 1.54) is 35.7 Å². The SMILES string of the molecule is CC(CC1CC1)NCc1cn(C)c2ccccc12. The zero-order chi connectivity index (χ0) is 12.5. The molecule has 1 aliphatic rings. The average Bonchev–Trinajstić information content (AvgIpc) is 3.12. The summed E-state index contributed by atoms with van der Waals surface area (Å²) in [6.45, 7) is 3.29. The lowest BCUT2D eigenvalue weighted by molar-refractivity contribution is 0.488. The largest absolute Gasteiger partial charge is 0.350 e. The Morgan fingerprint density at radius 1 is 1.33 bits per heavy atom. The smallest absolute Gasteiger partial charge is 0.0481 e. The van der Waals surface area contributed by atoms with E-state index in [1.807, 2.05) is 0 Å². The molecule has 1 atom stereocenters. The van der Waals surface area contributed by atoms with Crippen molar-refractivity contribution in [1.29, 1.82) is 0 Å². The van der Waals surface area contributed by atoms with E-state index in [9.17, 15) is 0 Å². The summed E-state index contributed by atoms with van der Waals surface area (Å²) in [7, 11) is 2.12. The molecular formula is C16H22N2. The number of aryl methyl sites for hydroxylation is 1. The van der Waals surface area contributed by atoms with E-state index in [0.29, 0.717) is 6.04 Å². The summed E-state index contributed by atoms with van der Waals surface area (Å²) in [4.78, 5) is 0. The first-order valence-electron chi connectivity index (χ1n) is 7.00. The van der Waals surface area contributed by atoms with E-state index < -0.39 is 0 Å². The summed E-state index contributed by atoms with van der Waals surface area (Å²) in [5.74, 6) is 1.00. The van der Waals surface area contributed by atoms with Gasteiger partial charge in [0.25, 0.3) is 0 Å². The molecule has 1 heterocycles. The van der Waals surface area contributed by atoms with Crippen LogP contribution in [0.4, 0.5) is 0 Å². The molecule has 2 aromatic rings. The quantitative estimate of drug-likeness (QED) is 0.849. The van der Waals surface area contributed by atoms with Gasteiger partial charge in [0.1, 0.15) is 0 Å². The van der Waals surface area contributed by atoms with E-state index in [-0.39, 0.29) is 0 Å². The van der Waals surface area contributed by atoms with Crippen LogP contribution in [0.1, 0.15) is 31.7 Å². The van der Waals surface area contributed by atoms with Crippen LogP contribution >= 0.6 is 0 Å². The predicted octanol–water partition coefficient (Wildman–Crippen LogP) is 3.46. The summed E-state index contributed by atoms with van der Waals surface area (Å²) >= 11 is 0. The lowest BCUT2D eigenvalue weighted by Gasteiger charge is -2.12. The Morgan fingerprint density at radius 2 is 2.11 bits per heavy atom. The third kappa shape index (κ3) is 2.44. The van der Waals surface area contributed by atoms with E-state index in [4.69, 9.17) is 0 Å². The number of rotatable bonds is 5. The molecule has 0 aliphatic heterocycles. The van der Waals surface area contributed by atoms with Gasteiger partial charge in [0.05, 0.1) is 0 Å². The molecule has 1 aliphatic carbocycles. The molecule has 96 valence electrons. The lowest BCUT2D eigenvalue weighted by atomic mass is 10.1. The Kier molecular flexibility index (Phi) is 3.13. The van der Waals surface area contributed by atoms with Crippen molar-refractivity contribution in [3.63, 3.8) is 0 Å². The van der Waals surface area contributed by atoms with Gasteiger partial charge in [0.2, 0.25) is 0 Å². The third-order valence-electron chi connectivity index (χ3n) is 4.00. The first kappa shape index (κ1) is 11.8. The maximum atomic E-state index is 3.66. The molecule has 1 saturated carbocycles. The Hall–Kier alpha value is -1.28. The van der Waals surface area contributed by atoms with Crippen molar-refractivity contribution in [3.8, 4) is 0 Å². The maximum Gasteiger partial charge on any atom is 0.0481 e. The first-order valence-corrected chi connectivity index (χ1v) is 7.00. The minimum atomic E-state index is 0.636. The van der Waals surface area contributed by atoms with Crippen LogP contribution in [0.15, 0.2) is 30.5 Å². The highest BCUT2D eigenvalue weighted by atomic mass is 14.9. The molecule has 3 rings (SSSR count). The summed E-state index contributed by atoms with van der Waals surface area (Å²) in [6.07, 6.45) is 6.48. The fourth-order valence-electron chi connectivity index (χ4n) is 2.79. The minimum absolute atomic E-state index is 0.636. The van der Waals surface area contributed by atoms with Gasteiger partial charge in [-0.1, -0.05) is 31.0 Å². The molecule has 0 amide bonds. The van der Waals surface area contributed by atoms with Gasteiger partial charge in [-0.05, 0) is 30.9 Å².